The number of Topliss-reactive ketones (excluding diaryl/α,β-unsaturated/α-hetero) is 1. The number of ketones is 1. The molecule has 0 aliphatic carbocycles. The minimum Gasteiger partial charge on any atom is -0.395 e. The first-order valence-electron chi connectivity index (χ1n) is 7.25. The highest BCUT2D eigenvalue weighted by atomic mass is 19.1. The highest BCUT2D eigenvalue weighted by Crippen LogP contribution is 2.39. The molecule has 1 aliphatic rings. The minimum atomic E-state index is -1.24. The van der Waals surface area contributed by atoms with Crippen molar-refractivity contribution in [1.29, 1.82) is 0 Å². The van der Waals surface area contributed by atoms with Crippen molar-refractivity contribution in [3.05, 3.63) is 47.5 Å². The normalized spacial score (nSPS) is 20.9. The van der Waals surface area contributed by atoms with Gasteiger partial charge in [0.15, 0.2) is 12.0 Å². The summed E-state index contributed by atoms with van der Waals surface area (Å²) in [5.74, 6) is -0.223. The van der Waals surface area contributed by atoms with Gasteiger partial charge in [-0.3, -0.25) is 4.79 Å². The molecule has 22 heavy (non-hydrogen) atoms. The van der Waals surface area contributed by atoms with E-state index in [-0.39, 0.29) is 36.5 Å². The van der Waals surface area contributed by atoms with Crippen LogP contribution in [0, 0.1) is 5.41 Å². The van der Waals surface area contributed by atoms with Gasteiger partial charge < -0.3 is 5.11 Å². The van der Waals surface area contributed by atoms with Crippen LogP contribution in [0.15, 0.2) is 30.3 Å². The average molecular weight is 303 g/mol. The molecule has 0 radical (unpaired) electrons. The maximum Gasteiger partial charge on any atom is 0.218 e. The van der Waals surface area contributed by atoms with Crippen molar-refractivity contribution in [2.75, 3.05) is 6.61 Å². The third-order valence-corrected chi connectivity index (χ3v) is 4.06. The lowest BCUT2D eigenvalue weighted by Gasteiger charge is -2.17. The summed E-state index contributed by atoms with van der Waals surface area (Å²) in [7, 11) is 0. The zero-order valence-electron chi connectivity index (χ0n) is 12.5. The van der Waals surface area contributed by atoms with E-state index >= 15 is 0 Å². The highest BCUT2D eigenvalue weighted by molar-refractivity contribution is 5.96. The summed E-state index contributed by atoms with van der Waals surface area (Å²) in [4.78, 5) is 16.4. The Hall–Kier alpha value is -2.08. The molecule has 0 saturated heterocycles. The SMILES string of the molecule is CC(C)(CO)C(=O)c1nc2n(n1)C(c1ccccc1)CC2F. The van der Waals surface area contributed by atoms with Crippen LogP contribution in [0.4, 0.5) is 4.39 Å². The Bertz CT molecular complexity index is 697. The molecule has 5 nitrogen and oxygen atoms in total. The van der Waals surface area contributed by atoms with E-state index in [0.717, 1.165) is 5.56 Å². The van der Waals surface area contributed by atoms with Gasteiger partial charge in [-0.15, -0.1) is 5.10 Å². The van der Waals surface area contributed by atoms with Crippen molar-refractivity contribution >= 4 is 5.78 Å². The van der Waals surface area contributed by atoms with Gasteiger partial charge in [0.25, 0.3) is 0 Å². The summed E-state index contributed by atoms with van der Waals surface area (Å²) in [6.45, 7) is 2.92. The lowest BCUT2D eigenvalue weighted by Crippen LogP contribution is -2.29. The van der Waals surface area contributed by atoms with Crippen LogP contribution in [-0.4, -0.2) is 32.3 Å². The number of aliphatic hydroxyl groups excluding tert-OH is 1. The molecule has 0 bridgehead atoms. The Morgan fingerprint density at radius 1 is 1.41 bits per heavy atom. The number of halogens is 1. The maximum absolute atomic E-state index is 14.2. The molecule has 1 N–H and O–H groups in total. The molecular formula is C16H18FN3O2. The topological polar surface area (TPSA) is 68.0 Å². The van der Waals surface area contributed by atoms with Crippen molar-refractivity contribution < 1.29 is 14.3 Å². The van der Waals surface area contributed by atoms with Crippen LogP contribution >= 0.6 is 0 Å². The molecule has 2 heterocycles. The molecule has 2 aromatic rings. The summed E-state index contributed by atoms with van der Waals surface area (Å²) in [5, 5.41) is 13.5. The summed E-state index contributed by atoms with van der Waals surface area (Å²) in [5.41, 5.74) is -0.0364. The Labute approximate surface area is 127 Å². The molecule has 1 aliphatic heterocycles. The zero-order chi connectivity index (χ0) is 15.9. The number of hydrogen-bond donors (Lipinski definition) is 1. The Morgan fingerprint density at radius 3 is 2.73 bits per heavy atom. The average Bonchev–Trinajstić information content (AvgIpc) is 3.08. The van der Waals surface area contributed by atoms with Gasteiger partial charge in [0.2, 0.25) is 11.6 Å². The molecule has 6 heteroatoms. The molecule has 116 valence electrons. The number of carbonyl (C=O) groups excluding carboxylic acids is 1. The van der Waals surface area contributed by atoms with E-state index in [1.54, 1.807) is 13.8 Å². The lowest BCUT2D eigenvalue weighted by atomic mass is 9.89. The van der Waals surface area contributed by atoms with E-state index in [1.165, 1.54) is 4.68 Å². The summed E-state index contributed by atoms with van der Waals surface area (Å²) in [6, 6.07) is 9.24. The van der Waals surface area contributed by atoms with Crippen LogP contribution in [0.25, 0.3) is 0 Å². The number of alkyl halides is 1. The van der Waals surface area contributed by atoms with Gasteiger partial charge in [-0.05, 0) is 5.56 Å². The first kappa shape index (κ1) is 14.8. The van der Waals surface area contributed by atoms with E-state index < -0.39 is 11.6 Å². The third kappa shape index (κ3) is 2.33. The molecule has 3 rings (SSSR count). The van der Waals surface area contributed by atoms with Gasteiger partial charge in [0, 0.05) is 6.42 Å². The van der Waals surface area contributed by atoms with Gasteiger partial charge in [0.05, 0.1) is 18.1 Å². The zero-order valence-corrected chi connectivity index (χ0v) is 12.5. The number of rotatable bonds is 4. The van der Waals surface area contributed by atoms with Gasteiger partial charge >= 0.3 is 0 Å². The molecule has 2 atom stereocenters. The number of fused-ring (bicyclic) bond motifs is 1. The number of hydrogen-bond acceptors (Lipinski definition) is 4. The van der Waals surface area contributed by atoms with Crippen LogP contribution < -0.4 is 0 Å². The third-order valence-electron chi connectivity index (χ3n) is 4.06. The van der Waals surface area contributed by atoms with Crippen LogP contribution in [0.1, 0.15) is 54.5 Å². The largest absolute Gasteiger partial charge is 0.395 e. The van der Waals surface area contributed by atoms with Gasteiger partial charge in [0.1, 0.15) is 0 Å². The second kappa shape index (κ2) is 5.28. The molecule has 0 spiro atoms. The van der Waals surface area contributed by atoms with E-state index in [1.807, 2.05) is 30.3 Å². The Balaban J connectivity index is 1.98. The number of aromatic nitrogens is 3. The quantitative estimate of drug-likeness (QED) is 0.881. The number of nitrogens with zero attached hydrogens (tertiary/aromatic N) is 3. The summed E-state index contributed by atoms with van der Waals surface area (Å²) in [6.07, 6.45) is -0.964. The first-order valence-corrected chi connectivity index (χ1v) is 7.25. The summed E-state index contributed by atoms with van der Waals surface area (Å²) >= 11 is 0. The van der Waals surface area contributed by atoms with E-state index in [9.17, 15) is 14.3 Å². The Kier molecular flexibility index (Phi) is 3.56. The molecule has 1 aromatic heterocycles. The molecule has 2 unspecified atom stereocenters. The van der Waals surface area contributed by atoms with Crippen molar-refractivity contribution in [1.82, 2.24) is 14.8 Å². The monoisotopic (exact) mass is 303 g/mol. The van der Waals surface area contributed by atoms with Crippen LogP contribution in [0.5, 0.6) is 0 Å². The van der Waals surface area contributed by atoms with Gasteiger partial charge in [-0.2, -0.15) is 0 Å². The van der Waals surface area contributed by atoms with Crippen molar-refractivity contribution in [3.8, 4) is 0 Å². The van der Waals surface area contributed by atoms with E-state index in [4.69, 9.17) is 0 Å². The second-order valence-corrected chi connectivity index (χ2v) is 6.24. The fourth-order valence-corrected chi connectivity index (χ4v) is 2.60. The molecular weight excluding hydrogens is 285 g/mol. The van der Waals surface area contributed by atoms with Crippen LogP contribution in [0.2, 0.25) is 0 Å². The van der Waals surface area contributed by atoms with E-state index in [2.05, 4.69) is 10.1 Å². The lowest BCUT2D eigenvalue weighted by molar-refractivity contribution is 0.0713. The van der Waals surface area contributed by atoms with Crippen molar-refractivity contribution in [2.24, 2.45) is 5.41 Å². The number of aliphatic hydroxyl groups is 1. The molecule has 1 aromatic carbocycles. The minimum absolute atomic E-state index is 0.0302. The molecule has 0 fully saturated rings. The second-order valence-electron chi connectivity index (χ2n) is 6.24. The predicted octanol–water partition coefficient (Wildman–Crippen LogP) is 2.48. The molecule has 0 saturated carbocycles. The van der Waals surface area contributed by atoms with Crippen molar-refractivity contribution in [2.45, 2.75) is 32.5 Å². The van der Waals surface area contributed by atoms with Crippen molar-refractivity contribution in [3.63, 3.8) is 0 Å². The first-order chi connectivity index (χ1) is 10.4. The fraction of sp³-hybridized carbons (Fsp3) is 0.438. The Morgan fingerprint density at radius 2 is 2.09 bits per heavy atom. The van der Waals surface area contributed by atoms with Gasteiger partial charge in [-0.25, -0.2) is 14.1 Å². The molecule has 0 amide bonds. The highest BCUT2D eigenvalue weighted by Gasteiger charge is 2.38. The summed E-state index contributed by atoms with van der Waals surface area (Å²) < 4.78 is 15.7. The number of benzene rings is 1. The van der Waals surface area contributed by atoms with Crippen LogP contribution in [-0.2, 0) is 0 Å². The standard InChI is InChI=1S/C16H18FN3O2/c1-16(2,9-21)13(22)14-18-15-11(17)8-12(20(15)19-14)10-6-4-3-5-7-10/h3-7,11-12,21H,8-9H2,1-2H3. The predicted molar refractivity (Wildman–Crippen MR) is 78.3 cm³/mol. The fourth-order valence-electron chi connectivity index (χ4n) is 2.60. The maximum atomic E-state index is 14.2. The smallest absolute Gasteiger partial charge is 0.218 e. The number of carbonyl (C=O) groups is 1. The van der Waals surface area contributed by atoms with Gasteiger partial charge in [-0.1, -0.05) is 44.2 Å². The van der Waals surface area contributed by atoms with Crippen LogP contribution in [0.3, 0.4) is 0 Å². The van der Waals surface area contributed by atoms with E-state index in [0.29, 0.717) is 0 Å².